The third-order valence-electron chi connectivity index (χ3n) is 5.39. The predicted molar refractivity (Wildman–Crippen MR) is 133 cm³/mol. The molecule has 0 aliphatic heterocycles. The number of carbonyl (C=O) groups is 1. The minimum atomic E-state index is -0.386. The SMILES string of the molecule is COc1ccc(-n2c(SCC(=O)OCc3ccccc3)nc3c([nH]c4ccccc43)c2=O)cc1. The maximum absolute atomic E-state index is 13.6. The molecule has 8 heteroatoms. The van der Waals surface area contributed by atoms with Crippen molar-refractivity contribution in [3.63, 3.8) is 0 Å². The lowest BCUT2D eigenvalue weighted by atomic mass is 10.2. The molecule has 1 N–H and O–H groups in total. The van der Waals surface area contributed by atoms with Gasteiger partial charge in [-0.05, 0) is 35.9 Å². The van der Waals surface area contributed by atoms with E-state index in [1.165, 1.54) is 16.3 Å². The zero-order valence-electron chi connectivity index (χ0n) is 18.4. The van der Waals surface area contributed by atoms with Crippen LogP contribution in [-0.2, 0) is 16.1 Å². The maximum atomic E-state index is 13.6. The highest BCUT2D eigenvalue weighted by Crippen LogP contribution is 2.27. The van der Waals surface area contributed by atoms with Crippen LogP contribution >= 0.6 is 11.8 Å². The first-order chi connectivity index (χ1) is 16.6. The van der Waals surface area contributed by atoms with E-state index in [4.69, 9.17) is 14.5 Å². The van der Waals surface area contributed by atoms with Crippen molar-refractivity contribution in [3.8, 4) is 11.4 Å². The average Bonchev–Trinajstić information content (AvgIpc) is 3.26. The first kappa shape index (κ1) is 21.8. The molecule has 34 heavy (non-hydrogen) atoms. The number of aromatic nitrogens is 3. The van der Waals surface area contributed by atoms with Crippen molar-refractivity contribution < 1.29 is 14.3 Å². The van der Waals surface area contributed by atoms with E-state index in [-0.39, 0.29) is 23.9 Å². The molecule has 3 aromatic carbocycles. The van der Waals surface area contributed by atoms with Crippen LogP contribution in [0.4, 0.5) is 0 Å². The molecule has 0 amide bonds. The summed E-state index contributed by atoms with van der Waals surface area (Å²) >= 11 is 1.17. The van der Waals surface area contributed by atoms with Crippen LogP contribution in [-0.4, -0.2) is 33.4 Å². The molecule has 0 bridgehead atoms. The highest BCUT2D eigenvalue weighted by atomic mass is 32.2. The molecular weight excluding hydrogens is 450 g/mol. The van der Waals surface area contributed by atoms with Crippen molar-refractivity contribution >= 4 is 39.7 Å². The number of esters is 1. The van der Waals surface area contributed by atoms with Crippen LogP contribution < -0.4 is 10.3 Å². The Morgan fingerprint density at radius 3 is 2.50 bits per heavy atom. The van der Waals surface area contributed by atoms with Gasteiger partial charge in [0.05, 0.1) is 18.6 Å². The van der Waals surface area contributed by atoms with Crippen LogP contribution in [0.15, 0.2) is 88.8 Å². The van der Waals surface area contributed by atoms with Crippen molar-refractivity contribution in [2.45, 2.75) is 11.8 Å². The second kappa shape index (κ2) is 9.44. The number of aromatic amines is 1. The Labute approximate surface area is 199 Å². The topological polar surface area (TPSA) is 86.2 Å². The van der Waals surface area contributed by atoms with Crippen LogP contribution in [0.2, 0.25) is 0 Å². The Morgan fingerprint density at radius 2 is 1.74 bits per heavy atom. The van der Waals surface area contributed by atoms with Crippen molar-refractivity contribution in [2.75, 3.05) is 12.9 Å². The highest BCUT2D eigenvalue weighted by Gasteiger charge is 2.18. The number of carbonyl (C=O) groups excluding carboxylic acids is 1. The smallest absolute Gasteiger partial charge is 0.316 e. The molecule has 0 atom stereocenters. The zero-order chi connectivity index (χ0) is 23.5. The fourth-order valence-electron chi connectivity index (χ4n) is 3.70. The van der Waals surface area contributed by atoms with Gasteiger partial charge in [-0.25, -0.2) is 4.98 Å². The van der Waals surface area contributed by atoms with Crippen molar-refractivity contribution in [3.05, 3.63) is 94.8 Å². The Kier molecular flexibility index (Phi) is 6.05. The van der Waals surface area contributed by atoms with Crippen LogP contribution in [0.3, 0.4) is 0 Å². The number of nitrogens with zero attached hydrogens (tertiary/aromatic N) is 2. The monoisotopic (exact) mass is 471 g/mol. The van der Waals surface area contributed by atoms with E-state index in [0.717, 1.165) is 16.5 Å². The normalized spacial score (nSPS) is 11.1. The van der Waals surface area contributed by atoms with Gasteiger partial charge >= 0.3 is 5.97 Å². The van der Waals surface area contributed by atoms with E-state index in [0.29, 0.717) is 27.6 Å². The lowest BCUT2D eigenvalue weighted by Gasteiger charge is -2.12. The molecule has 0 aliphatic rings. The Morgan fingerprint density at radius 1 is 1.00 bits per heavy atom. The van der Waals surface area contributed by atoms with Gasteiger partial charge in [0.15, 0.2) is 5.16 Å². The van der Waals surface area contributed by atoms with E-state index in [1.807, 2.05) is 54.6 Å². The van der Waals surface area contributed by atoms with Crippen molar-refractivity contribution in [1.29, 1.82) is 0 Å². The van der Waals surface area contributed by atoms with Gasteiger partial charge in [-0.2, -0.15) is 0 Å². The summed E-state index contributed by atoms with van der Waals surface area (Å²) in [6.07, 6.45) is 0. The molecule has 2 aromatic heterocycles. The van der Waals surface area contributed by atoms with Crippen LogP contribution in [0.1, 0.15) is 5.56 Å². The number of rotatable bonds is 7. The maximum Gasteiger partial charge on any atom is 0.316 e. The predicted octanol–water partition coefficient (Wildman–Crippen LogP) is 4.71. The summed E-state index contributed by atoms with van der Waals surface area (Å²) in [5.41, 5.74) is 3.10. The van der Waals surface area contributed by atoms with E-state index in [9.17, 15) is 9.59 Å². The van der Waals surface area contributed by atoms with Crippen molar-refractivity contribution in [2.24, 2.45) is 0 Å². The number of H-pyrrole nitrogens is 1. The molecule has 5 aromatic rings. The lowest BCUT2D eigenvalue weighted by molar-refractivity contribution is -0.141. The summed E-state index contributed by atoms with van der Waals surface area (Å²) in [7, 11) is 1.58. The summed E-state index contributed by atoms with van der Waals surface area (Å²) < 4.78 is 12.1. The second-order valence-corrected chi connectivity index (χ2v) is 8.50. The number of benzene rings is 3. The van der Waals surface area contributed by atoms with Gasteiger partial charge in [0.25, 0.3) is 5.56 Å². The van der Waals surface area contributed by atoms with E-state index in [1.54, 1.807) is 31.4 Å². The molecule has 0 saturated carbocycles. The number of methoxy groups -OCH3 is 1. The molecule has 0 saturated heterocycles. The fourth-order valence-corrected chi connectivity index (χ4v) is 4.50. The molecule has 5 rings (SSSR count). The largest absolute Gasteiger partial charge is 0.497 e. The molecule has 0 spiro atoms. The first-order valence-corrected chi connectivity index (χ1v) is 11.6. The molecule has 0 fully saturated rings. The number of para-hydroxylation sites is 1. The molecule has 0 radical (unpaired) electrons. The minimum Gasteiger partial charge on any atom is -0.497 e. The number of thioether (sulfide) groups is 1. The second-order valence-electron chi connectivity index (χ2n) is 7.56. The van der Waals surface area contributed by atoms with Gasteiger partial charge in [-0.3, -0.25) is 14.2 Å². The average molecular weight is 472 g/mol. The van der Waals surface area contributed by atoms with Gasteiger partial charge in [0.1, 0.15) is 23.4 Å². The fraction of sp³-hybridized carbons (Fsp3) is 0.115. The Balaban J connectivity index is 1.50. The van der Waals surface area contributed by atoms with Gasteiger partial charge in [0.2, 0.25) is 0 Å². The summed E-state index contributed by atoms with van der Waals surface area (Å²) in [6.45, 7) is 0.195. The number of fused-ring (bicyclic) bond motifs is 3. The summed E-state index contributed by atoms with van der Waals surface area (Å²) in [5.74, 6) is 0.307. The van der Waals surface area contributed by atoms with Gasteiger partial charge in [-0.1, -0.05) is 60.3 Å². The molecular formula is C26H21N3O4S. The van der Waals surface area contributed by atoms with Gasteiger partial charge in [0, 0.05) is 10.9 Å². The first-order valence-electron chi connectivity index (χ1n) is 10.6. The van der Waals surface area contributed by atoms with Gasteiger partial charge in [-0.15, -0.1) is 0 Å². The standard InChI is InChI=1S/C26H21N3O4S/c1-32-19-13-11-18(12-14-19)29-25(31)24-23(20-9-5-6-10-21(20)27-24)28-26(29)34-16-22(30)33-15-17-7-3-2-4-8-17/h2-14,27H,15-16H2,1H3. The van der Waals surface area contributed by atoms with Crippen LogP contribution in [0.5, 0.6) is 5.75 Å². The molecule has 0 aliphatic carbocycles. The molecule has 170 valence electrons. The number of nitrogens with one attached hydrogen (secondary N) is 1. The zero-order valence-corrected chi connectivity index (χ0v) is 19.2. The minimum absolute atomic E-state index is 0.0172. The number of hydrogen-bond donors (Lipinski definition) is 1. The van der Waals surface area contributed by atoms with Crippen LogP contribution in [0.25, 0.3) is 27.6 Å². The Bertz CT molecular complexity index is 1530. The quantitative estimate of drug-likeness (QED) is 0.210. The molecule has 2 heterocycles. The third-order valence-corrected chi connectivity index (χ3v) is 6.30. The van der Waals surface area contributed by atoms with Crippen LogP contribution in [0, 0.1) is 0 Å². The van der Waals surface area contributed by atoms with Gasteiger partial charge < -0.3 is 14.5 Å². The summed E-state index contributed by atoms with van der Waals surface area (Å²) in [5, 5.41) is 1.26. The third kappa shape index (κ3) is 4.27. The Hall–Kier alpha value is -4.04. The number of hydrogen-bond acceptors (Lipinski definition) is 6. The lowest BCUT2D eigenvalue weighted by Crippen LogP contribution is -2.22. The highest BCUT2D eigenvalue weighted by molar-refractivity contribution is 7.99. The number of ether oxygens (including phenoxy) is 2. The molecule has 7 nitrogen and oxygen atoms in total. The molecule has 0 unspecified atom stereocenters. The van der Waals surface area contributed by atoms with Crippen molar-refractivity contribution in [1.82, 2.24) is 14.5 Å². The van der Waals surface area contributed by atoms with E-state index < -0.39 is 0 Å². The summed E-state index contributed by atoms with van der Waals surface area (Å²) in [4.78, 5) is 34.0. The summed E-state index contributed by atoms with van der Waals surface area (Å²) in [6, 6.07) is 24.2. The van der Waals surface area contributed by atoms with E-state index in [2.05, 4.69) is 4.98 Å². The van der Waals surface area contributed by atoms with E-state index >= 15 is 0 Å².